The number of aromatic nitrogens is 3. The molecular weight excluding hydrogens is 205 g/mol. The van der Waals surface area contributed by atoms with Crippen molar-refractivity contribution in [1.29, 1.82) is 0 Å². The molecular formula is C12H12FN3. The standard InChI is InChI=1S/C12H12FN3/c1-3-4-9(8(2)13)12-15-10-5-6-14-7-11(10)16-12/h3-7H,1-2H3,(H,15,16)/b4-3-,9-8-. The van der Waals surface area contributed by atoms with Crippen LogP contribution in [0.4, 0.5) is 4.39 Å². The van der Waals surface area contributed by atoms with Gasteiger partial charge in [-0.05, 0) is 19.9 Å². The molecule has 3 nitrogen and oxygen atoms in total. The summed E-state index contributed by atoms with van der Waals surface area (Å²) in [5.74, 6) is 0.270. The first kappa shape index (κ1) is 10.5. The minimum atomic E-state index is -0.259. The van der Waals surface area contributed by atoms with Crippen LogP contribution in [-0.2, 0) is 0 Å². The smallest absolute Gasteiger partial charge is 0.141 e. The maximum absolute atomic E-state index is 13.3. The first-order chi connectivity index (χ1) is 7.72. The van der Waals surface area contributed by atoms with Crippen molar-refractivity contribution in [3.63, 3.8) is 0 Å². The summed E-state index contributed by atoms with van der Waals surface area (Å²) in [5, 5.41) is 0. The van der Waals surface area contributed by atoms with E-state index in [0.717, 1.165) is 11.0 Å². The minimum Gasteiger partial charge on any atom is -0.337 e. The van der Waals surface area contributed by atoms with E-state index in [1.807, 2.05) is 6.92 Å². The molecule has 0 unspecified atom stereocenters. The normalized spacial score (nSPS) is 13.4. The highest BCUT2D eigenvalue weighted by Gasteiger charge is 2.08. The molecule has 0 aliphatic rings. The highest BCUT2D eigenvalue weighted by molar-refractivity contribution is 5.80. The Balaban J connectivity index is 2.58. The fraction of sp³-hybridized carbons (Fsp3) is 0.167. The Morgan fingerprint density at radius 2 is 2.31 bits per heavy atom. The summed E-state index contributed by atoms with van der Waals surface area (Å²) in [5.41, 5.74) is 2.06. The van der Waals surface area contributed by atoms with E-state index in [1.54, 1.807) is 30.6 Å². The van der Waals surface area contributed by atoms with Gasteiger partial charge >= 0.3 is 0 Å². The van der Waals surface area contributed by atoms with Gasteiger partial charge in [0.2, 0.25) is 0 Å². The first-order valence-electron chi connectivity index (χ1n) is 5.01. The fourth-order valence-corrected chi connectivity index (χ4v) is 1.51. The number of rotatable bonds is 2. The maximum Gasteiger partial charge on any atom is 0.141 e. The Bertz CT molecular complexity index is 529. The van der Waals surface area contributed by atoms with Gasteiger partial charge < -0.3 is 4.98 Å². The van der Waals surface area contributed by atoms with Crippen LogP contribution in [0.5, 0.6) is 0 Å². The minimum absolute atomic E-state index is 0.259. The van der Waals surface area contributed by atoms with E-state index in [1.165, 1.54) is 6.92 Å². The van der Waals surface area contributed by atoms with E-state index < -0.39 is 0 Å². The number of hydrogen-bond donors (Lipinski definition) is 1. The van der Waals surface area contributed by atoms with E-state index in [9.17, 15) is 4.39 Å². The largest absolute Gasteiger partial charge is 0.337 e. The lowest BCUT2D eigenvalue weighted by Crippen LogP contribution is -1.85. The molecule has 1 N–H and O–H groups in total. The molecule has 0 radical (unpaired) electrons. The molecule has 0 fully saturated rings. The third-order valence-corrected chi connectivity index (χ3v) is 2.24. The summed E-state index contributed by atoms with van der Waals surface area (Å²) in [6, 6.07) is 1.79. The van der Waals surface area contributed by atoms with Crippen molar-refractivity contribution in [2.75, 3.05) is 0 Å². The zero-order valence-electron chi connectivity index (χ0n) is 9.16. The van der Waals surface area contributed by atoms with Gasteiger partial charge in [0.15, 0.2) is 0 Å². The number of fused-ring (bicyclic) bond motifs is 1. The van der Waals surface area contributed by atoms with Crippen LogP contribution in [0.15, 0.2) is 36.4 Å². The number of H-pyrrole nitrogens is 1. The summed E-state index contributed by atoms with van der Waals surface area (Å²) in [6.45, 7) is 3.26. The van der Waals surface area contributed by atoms with Crippen molar-refractivity contribution in [2.45, 2.75) is 13.8 Å². The molecule has 0 amide bonds. The molecule has 0 aromatic carbocycles. The predicted molar refractivity (Wildman–Crippen MR) is 62.4 cm³/mol. The second-order valence-corrected chi connectivity index (χ2v) is 3.43. The molecule has 2 aromatic heterocycles. The van der Waals surface area contributed by atoms with Crippen LogP contribution < -0.4 is 0 Å². The van der Waals surface area contributed by atoms with Crippen molar-refractivity contribution in [2.24, 2.45) is 0 Å². The van der Waals surface area contributed by atoms with E-state index >= 15 is 0 Å². The van der Waals surface area contributed by atoms with Crippen LogP contribution in [0.1, 0.15) is 19.7 Å². The highest BCUT2D eigenvalue weighted by atomic mass is 19.1. The Labute approximate surface area is 92.7 Å². The van der Waals surface area contributed by atoms with E-state index in [2.05, 4.69) is 15.0 Å². The molecule has 2 heterocycles. The third kappa shape index (κ3) is 1.86. The van der Waals surface area contributed by atoms with Crippen LogP contribution in [0.3, 0.4) is 0 Å². The number of halogens is 1. The zero-order chi connectivity index (χ0) is 11.5. The van der Waals surface area contributed by atoms with Crippen LogP contribution in [0.2, 0.25) is 0 Å². The lowest BCUT2D eigenvalue weighted by Gasteiger charge is -1.96. The molecule has 4 heteroatoms. The zero-order valence-corrected chi connectivity index (χ0v) is 9.16. The van der Waals surface area contributed by atoms with Gasteiger partial charge in [0.1, 0.15) is 11.7 Å². The van der Waals surface area contributed by atoms with E-state index in [-0.39, 0.29) is 5.83 Å². The predicted octanol–water partition coefficient (Wildman–Crippen LogP) is 3.23. The number of nitrogens with zero attached hydrogens (tertiary/aromatic N) is 2. The molecule has 16 heavy (non-hydrogen) atoms. The highest BCUT2D eigenvalue weighted by Crippen LogP contribution is 2.21. The molecule has 0 saturated heterocycles. The summed E-state index contributed by atoms with van der Waals surface area (Å²) in [7, 11) is 0. The Hall–Kier alpha value is -1.97. The lowest BCUT2D eigenvalue weighted by atomic mass is 10.2. The molecule has 0 aliphatic heterocycles. The Morgan fingerprint density at radius 3 is 2.94 bits per heavy atom. The molecule has 82 valence electrons. The number of nitrogens with one attached hydrogen (secondary N) is 1. The monoisotopic (exact) mass is 217 g/mol. The second kappa shape index (κ2) is 4.26. The van der Waals surface area contributed by atoms with Crippen molar-refractivity contribution in [3.8, 4) is 0 Å². The Morgan fingerprint density at radius 1 is 1.50 bits per heavy atom. The van der Waals surface area contributed by atoms with Crippen molar-refractivity contribution >= 4 is 16.6 Å². The van der Waals surface area contributed by atoms with Crippen LogP contribution >= 0.6 is 0 Å². The molecule has 0 aliphatic carbocycles. The van der Waals surface area contributed by atoms with Crippen LogP contribution in [-0.4, -0.2) is 15.0 Å². The Kier molecular flexibility index (Phi) is 2.81. The van der Waals surface area contributed by atoms with Gasteiger partial charge in [-0.15, -0.1) is 0 Å². The van der Waals surface area contributed by atoms with Gasteiger partial charge in [-0.25, -0.2) is 9.37 Å². The summed E-state index contributed by atoms with van der Waals surface area (Å²) in [4.78, 5) is 11.3. The number of imidazole rings is 1. The van der Waals surface area contributed by atoms with Gasteiger partial charge in [0.05, 0.1) is 17.2 Å². The van der Waals surface area contributed by atoms with Gasteiger partial charge in [-0.3, -0.25) is 4.98 Å². The second-order valence-electron chi connectivity index (χ2n) is 3.43. The van der Waals surface area contributed by atoms with Crippen LogP contribution in [0.25, 0.3) is 16.6 Å². The first-order valence-corrected chi connectivity index (χ1v) is 5.01. The topological polar surface area (TPSA) is 41.6 Å². The summed E-state index contributed by atoms with van der Waals surface area (Å²) in [6.07, 6.45) is 6.81. The van der Waals surface area contributed by atoms with Crippen molar-refractivity contribution < 1.29 is 4.39 Å². The molecule has 0 saturated carbocycles. The number of hydrogen-bond acceptors (Lipinski definition) is 2. The van der Waals surface area contributed by atoms with E-state index in [0.29, 0.717) is 11.4 Å². The van der Waals surface area contributed by atoms with E-state index in [4.69, 9.17) is 0 Å². The molecule has 0 spiro atoms. The fourth-order valence-electron chi connectivity index (χ4n) is 1.51. The SMILES string of the molecule is C/C=C\C(=C(/C)F)c1nc2ccncc2[nH]1. The third-order valence-electron chi connectivity index (χ3n) is 2.24. The van der Waals surface area contributed by atoms with Gasteiger partial charge in [0.25, 0.3) is 0 Å². The quantitative estimate of drug-likeness (QED) is 0.784. The summed E-state index contributed by atoms with van der Waals surface area (Å²) >= 11 is 0. The number of allylic oxidation sites excluding steroid dienone is 4. The number of pyridine rings is 1. The average molecular weight is 217 g/mol. The van der Waals surface area contributed by atoms with Gasteiger partial charge in [0, 0.05) is 11.8 Å². The van der Waals surface area contributed by atoms with Crippen molar-refractivity contribution in [1.82, 2.24) is 15.0 Å². The molecule has 0 bridgehead atoms. The average Bonchev–Trinajstić information content (AvgIpc) is 2.68. The maximum atomic E-state index is 13.3. The molecule has 2 aromatic rings. The molecule has 0 atom stereocenters. The van der Waals surface area contributed by atoms with Crippen molar-refractivity contribution in [3.05, 3.63) is 42.3 Å². The molecule has 2 rings (SSSR count). The van der Waals surface area contributed by atoms with Crippen LogP contribution in [0, 0.1) is 0 Å². The lowest BCUT2D eigenvalue weighted by molar-refractivity contribution is 0.644. The summed E-state index contributed by atoms with van der Waals surface area (Å²) < 4.78 is 13.3. The van der Waals surface area contributed by atoms with Gasteiger partial charge in [-0.1, -0.05) is 12.2 Å². The van der Waals surface area contributed by atoms with Gasteiger partial charge in [-0.2, -0.15) is 0 Å². The number of aromatic amines is 1.